The van der Waals surface area contributed by atoms with E-state index < -0.39 is 19.5 Å². The highest BCUT2D eigenvalue weighted by atomic mass is 19.3. The Kier molecular flexibility index (Phi) is 6.24. The molecule has 0 aromatic carbocycles. The lowest BCUT2D eigenvalue weighted by molar-refractivity contribution is 0.0566. The zero-order chi connectivity index (χ0) is 24.5. The Morgan fingerprint density at radius 1 is 1.09 bits per heavy atom. The van der Waals surface area contributed by atoms with Gasteiger partial charge in [-0.05, 0) is 25.0 Å². The molecule has 5 heterocycles. The maximum Gasteiger partial charge on any atom is 0.333 e. The first kappa shape index (κ1) is 23.0. The topological polar surface area (TPSA) is 103 Å². The van der Waals surface area contributed by atoms with Gasteiger partial charge in [0.15, 0.2) is 5.65 Å². The van der Waals surface area contributed by atoms with Crippen molar-refractivity contribution >= 4 is 28.4 Å². The quantitative estimate of drug-likeness (QED) is 0.378. The molecule has 0 radical (unpaired) electrons. The molecule has 3 N–H and O–H groups in total. The largest absolute Gasteiger partial charge is 0.369 e. The number of fused-ring (bicyclic) bond motifs is 1. The molecular formula is C22H23F4N9. The number of pyridine rings is 2. The molecule has 1 atom stereocenters. The van der Waals surface area contributed by atoms with Gasteiger partial charge in [-0.3, -0.25) is 0 Å². The number of nitrogens with one attached hydrogen (secondary N) is 1. The Bertz CT molecular complexity index is 1320. The van der Waals surface area contributed by atoms with Gasteiger partial charge >= 0.3 is 6.55 Å². The zero-order valence-corrected chi connectivity index (χ0v) is 18.5. The van der Waals surface area contributed by atoms with Crippen LogP contribution in [0.4, 0.5) is 34.9 Å². The Hall–Kier alpha value is -3.74. The number of piperidine rings is 1. The van der Waals surface area contributed by atoms with Gasteiger partial charge in [0.25, 0.3) is 6.43 Å². The van der Waals surface area contributed by atoms with E-state index in [1.807, 2.05) is 0 Å². The van der Waals surface area contributed by atoms with Crippen molar-refractivity contribution < 1.29 is 17.6 Å². The first-order valence-electron chi connectivity index (χ1n) is 11.1. The van der Waals surface area contributed by atoms with Gasteiger partial charge in [0.1, 0.15) is 18.2 Å². The van der Waals surface area contributed by atoms with E-state index in [0.717, 1.165) is 29.8 Å². The van der Waals surface area contributed by atoms with E-state index in [-0.39, 0.29) is 6.04 Å². The minimum absolute atomic E-state index is 0.0100. The van der Waals surface area contributed by atoms with E-state index in [4.69, 9.17) is 5.73 Å². The summed E-state index contributed by atoms with van der Waals surface area (Å²) in [6.07, 6.45) is 4.97. The van der Waals surface area contributed by atoms with Gasteiger partial charge in [-0.2, -0.15) is 19.0 Å². The number of nitrogens with zero attached hydrogens (tertiary/aromatic N) is 7. The smallest absolute Gasteiger partial charge is 0.333 e. The Balaban J connectivity index is 1.49. The molecule has 1 fully saturated rings. The summed E-state index contributed by atoms with van der Waals surface area (Å²) < 4.78 is 53.7. The average molecular weight is 489 g/mol. The van der Waals surface area contributed by atoms with Crippen molar-refractivity contribution in [3.8, 4) is 11.1 Å². The van der Waals surface area contributed by atoms with Crippen molar-refractivity contribution in [2.75, 3.05) is 23.3 Å². The summed E-state index contributed by atoms with van der Waals surface area (Å²) in [5.41, 5.74) is 8.44. The van der Waals surface area contributed by atoms with Crippen LogP contribution in [0.2, 0.25) is 0 Å². The fraction of sp³-hybridized carbons (Fsp3) is 0.364. The molecule has 1 aliphatic heterocycles. The monoisotopic (exact) mass is 489 g/mol. The first-order valence-corrected chi connectivity index (χ1v) is 11.1. The van der Waals surface area contributed by atoms with Crippen molar-refractivity contribution in [3.05, 3.63) is 43.0 Å². The minimum atomic E-state index is -2.75. The van der Waals surface area contributed by atoms with Crippen LogP contribution in [0.15, 0.2) is 43.0 Å². The van der Waals surface area contributed by atoms with Crippen molar-refractivity contribution in [2.24, 2.45) is 5.73 Å². The van der Waals surface area contributed by atoms with E-state index in [1.54, 1.807) is 24.4 Å². The van der Waals surface area contributed by atoms with Gasteiger partial charge in [0.2, 0.25) is 0 Å². The Labute approximate surface area is 197 Å². The first-order chi connectivity index (χ1) is 16.9. The standard InChI is InChI=1S/C22H23F4N9/c23-18(24)12-34-21-13(7-29-34)3-4-19(32-21)31-20-6-17(33-5-1-2-15(27)11-33)16(9-28-20)14-8-30-35(10-14)22(25)26/h3-4,6-10,15,18,22H,1-2,5,11-12,27H2,(H,28,31,32)/t15-/m0/s1. The van der Waals surface area contributed by atoms with Gasteiger partial charge in [0, 0.05) is 59.8 Å². The van der Waals surface area contributed by atoms with E-state index in [0.29, 0.717) is 45.0 Å². The molecule has 0 unspecified atom stereocenters. The van der Waals surface area contributed by atoms with Gasteiger partial charge in [-0.1, -0.05) is 0 Å². The molecule has 184 valence electrons. The molecule has 5 rings (SSSR count). The lowest BCUT2D eigenvalue weighted by atomic mass is 10.0. The minimum Gasteiger partial charge on any atom is -0.369 e. The summed E-state index contributed by atoms with van der Waals surface area (Å²) in [6.45, 7) is -1.94. The number of rotatable bonds is 7. The van der Waals surface area contributed by atoms with E-state index in [2.05, 4.69) is 30.4 Å². The van der Waals surface area contributed by atoms with Crippen molar-refractivity contribution in [1.29, 1.82) is 0 Å². The third-order valence-electron chi connectivity index (χ3n) is 5.85. The second kappa shape index (κ2) is 9.49. The molecular weight excluding hydrogens is 466 g/mol. The van der Waals surface area contributed by atoms with E-state index in [1.165, 1.54) is 18.6 Å². The summed E-state index contributed by atoms with van der Waals surface area (Å²) >= 11 is 0. The SMILES string of the molecule is N[C@H]1CCCN(c2cc(Nc3ccc4cnn(CC(F)F)c4n3)ncc2-c2cnn(C(F)F)c2)C1. The van der Waals surface area contributed by atoms with Crippen LogP contribution in [0.3, 0.4) is 0 Å². The second-order valence-electron chi connectivity index (χ2n) is 8.37. The number of nitrogens with two attached hydrogens (primary N) is 1. The van der Waals surface area contributed by atoms with E-state index in [9.17, 15) is 17.6 Å². The summed E-state index contributed by atoms with van der Waals surface area (Å²) in [4.78, 5) is 11.0. The van der Waals surface area contributed by atoms with Crippen molar-refractivity contribution in [1.82, 2.24) is 29.5 Å². The summed E-state index contributed by atoms with van der Waals surface area (Å²) in [6, 6.07) is 5.23. The van der Waals surface area contributed by atoms with Gasteiger partial charge < -0.3 is 16.0 Å². The normalized spacial score (nSPS) is 16.5. The van der Waals surface area contributed by atoms with E-state index >= 15 is 0 Å². The number of halogens is 4. The highest BCUT2D eigenvalue weighted by Crippen LogP contribution is 2.34. The molecule has 0 aliphatic carbocycles. The van der Waals surface area contributed by atoms with Crippen LogP contribution >= 0.6 is 0 Å². The lowest BCUT2D eigenvalue weighted by Crippen LogP contribution is -2.43. The van der Waals surface area contributed by atoms with Crippen LogP contribution in [0, 0.1) is 0 Å². The fourth-order valence-electron chi connectivity index (χ4n) is 4.23. The predicted molar refractivity (Wildman–Crippen MR) is 123 cm³/mol. The summed E-state index contributed by atoms with van der Waals surface area (Å²) in [5, 5.41) is 11.5. The average Bonchev–Trinajstić information content (AvgIpc) is 3.47. The number of hydrogen-bond donors (Lipinski definition) is 2. The Morgan fingerprint density at radius 2 is 1.94 bits per heavy atom. The van der Waals surface area contributed by atoms with Gasteiger partial charge in [-0.15, -0.1) is 0 Å². The van der Waals surface area contributed by atoms with Gasteiger partial charge in [0.05, 0.1) is 12.4 Å². The summed E-state index contributed by atoms with van der Waals surface area (Å²) in [7, 11) is 0. The zero-order valence-electron chi connectivity index (χ0n) is 18.5. The Morgan fingerprint density at radius 3 is 2.69 bits per heavy atom. The molecule has 0 saturated carbocycles. The molecule has 4 aromatic rings. The van der Waals surface area contributed by atoms with Crippen molar-refractivity contribution in [2.45, 2.75) is 38.4 Å². The van der Waals surface area contributed by atoms with Crippen LogP contribution in [0.25, 0.3) is 22.2 Å². The fourth-order valence-corrected chi connectivity index (χ4v) is 4.23. The van der Waals surface area contributed by atoms with Crippen LogP contribution in [0.5, 0.6) is 0 Å². The number of hydrogen-bond acceptors (Lipinski definition) is 7. The number of alkyl halides is 4. The molecule has 9 nitrogen and oxygen atoms in total. The molecule has 0 amide bonds. The molecule has 13 heteroatoms. The molecule has 1 saturated heterocycles. The third kappa shape index (κ3) is 4.90. The second-order valence-corrected chi connectivity index (χ2v) is 8.37. The predicted octanol–water partition coefficient (Wildman–Crippen LogP) is 4.02. The van der Waals surface area contributed by atoms with Crippen LogP contribution in [0.1, 0.15) is 19.4 Å². The molecule has 1 aliphatic rings. The molecule has 4 aromatic heterocycles. The number of aromatic nitrogens is 6. The maximum absolute atomic E-state index is 13.1. The van der Waals surface area contributed by atoms with Gasteiger partial charge in [-0.25, -0.2) is 28.1 Å². The number of anilines is 3. The van der Waals surface area contributed by atoms with Crippen LogP contribution in [-0.2, 0) is 6.54 Å². The van der Waals surface area contributed by atoms with Crippen molar-refractivity contribution in [3.63, 3.8) is 0 Å². The van der Waals surface area contributed by atoms with Crippen LogP contribution < -0.4 is 16.0 Å². The molecule has 0 bridgehead atoms. The highest BCUT2D eigenvalue weighted by Gasteiger charge is 2.22. The highest BCUT2D eigenvalue weighted by molar-refractivity contribution is 5.81. The molecule has 0 spiro atoms. The summed E-state index contributed by atoms with van der Waals surface area (Å²) in [5.74, 6) is 0.858. The third-order valence-corrected chi connectivity index (χ3v) is 5.85. The lowest BCUT2D eigenvalue weighted by Gasteiger charge is -2.34. The maximum atomic E-state index is 13.1. The van der Waals surface area contributed by atoms with Crippen LogP contribution in [-0.4, -0.2) is 55.1 Å². The molecule has 35 heavy (non-hydrogen) atoms.